The minimum atomic E-state index is -2.97. The van der Waals surface area contributed by atoms with Gasteiger partial charge in [0.1, 0.15) is 0 Å². The molecule has 0 bridgehead atoms. The Morgan fingerprint density at radius 2 is 1.88 bits per heavy atom. The van der Waals surface area contributed by atoms with Crippen molar-refractivity contribution in [3.63, 3.8) is 0 Å². The van der Waals surface area contributed by atoms with Gasteiger partial charge in [-0.3, -0.25) is 9.69 Å². The van der Waals surface area contributed by atoms with Gasteiger partial charge >= 0.3 is 0 Å². The summed E-state index contributed by atoms with van der Waals surface area (Å²) in [6.45, 7) is 9.62. The Labute approximate surface area is 156 Å². The van der Waals surface area contributed by atoms with E-state index in [0.29, 0.717) is 6.42 Å². The topological polar surface area (TPSA) is 69.7 Å². The number of carbonyl (C=O) groups is 1. The fourth-order valence-electron chi connectivity index (χ4n) is 3.82. The number of anilines is 1. The van der Waals surface area contributed by atoms with E-state index in [4.69, 9.17) is 0 Å². The SMILES string of the molecule is Cc1cccc(N2CCN([C@@H](C)C(=O)N[C@H]3CCS(=O)(=O)C3)CC2)c1C. The predicted octanol–water partition coefficient (Wildman–Crippen LogP) is 1.12. The molecule has 1 aromatic rings. The van der Waals surface area contributed by atoms with Crippen molar-refractivity contribution < 1.29 is 13.2 Å². The molecule has 2 saturated heterocycles. The first kappa shape index (κ1) is 19.2. The molecule has 0 unspecified atom stereocenters. The number of sulfone groups is 1. The van der Waals surface area contributed by atoms with Crippen LogP contribution in [0.3, 0.4) is 0 Å². The summed E-state index contributed by atoms with van der Waals surface area (Å²) in [5.41, 5.74) is 3.89. The van der Waals surface area contributed by atoms with Gasteiger partial charge in [-0.15, -0.1) is 0 Å². The van der Waals surface area contributed by atoms with Gasteiger partial charge < -0.3 is 10.2 Å². The summed E-state index contributed by atoms with van der Waals surface area (Å²) in [7, 11) is -2.97. The summed E-state index contributed by atoms with van der Waals surface area (Å²) >= 11 is 0. The number of piperazine rings is 1. The number of hydrogen-bond acceptors (Lipinski definition) is 5. The van der Waals surface area contributed by atoms with E-state index < -0.39 is 9.84 Å². The maximum atomic E-state index is 12.5. The zero-order valence-corrected chi connectivity index (χ0v) is 16.7. The second kappa shape index (κ2) is 7.56. The van der Waals surface area contributed by atoms with Crippen molar-refractivity contribution in [1.29, 1.82) is 0 Å². The largest absolute Gasteiger partial charge is 0.369 e. The van der Waals surface area contributed by atoms with E-state index in [9.17, 15) is 13.2 Å². The molecule has 2 aliphatic heterocycles. The van der Waals surface area contributed by atoms with Crippen molar-refractivity contribution in [2.75, 3.05) is 42.6 Å². The highest BCUT2D eigenvalue weighted by Gasteiger charge is 2.32. The minimum absolute atomic E-state index is 0.0627. The van der Waals surface area contributed by atoms with Gasteiger partial charge in [0.05, 0.1) is 17.5 Å². The molecule has 0 saturated carbocycles. The Hall–Kier alpha value is -1.60. The van der Waals surface area contributed by atoms with Gasteiger partial charge in [-0.25, -0.2) is 8.42 Å². The zero-order valence-electron chi connectivity index (χ0n) is 15.9. The van der Waals surface area contributed by atoms with Crippen molar-refractivity contribution >= 4 is 21.4 Å². The molecule has 2 atom stereocenters. The molecule has 2 aliphatic rings. The van der Waals surface area contributed by atoms with Crippen molar-refractivity contribution in [2.45, 2.75) is 39.3 Å². The van der Waals surface area contributed by atoms with Crippen LogP contribution in [0.25, 0.3) is 0 Å². The lowest BCUT2D eigenvalue weighted by molar-refractivity contribution is -0.126. The summed E-state index contributed by atoms with van der Waals surface area (Å²) < 4.78 is 23.1. The second-order valence-corrected chi connectivity index (χ2v) is 9.76. The standard InChI is InChI=1S/C19H29N3O3S/c1-14-5-4-6-18(15(14)2)22-10-8-21(9-11-22)16(3)19(23)20-17-7-12-26(24,25)13-17/h4-6,16-17H,7-13H2,1-3H3,(H,20,23)/t16-,17-/m0/s1. The summed E-state index contributed by atoms with van der Waals surface area (Å²) in [6, 6.07) is 5.92. The van der Waals surface area contributed by atoms with Crippen LogP contribution in [-0.4, -0.2) is 69.0 Å². The van der Waals surface area contributed by atoms with Crippen LogP contribution in [0.2, 0.25) is 0 Å². The Morgan fingerprint density at radius 3 is 2.50 bits per heavy atom. The molecular formula is C19H29N3O3S. The molecule has 6 nitrogen and oxygen atoms in total. The van der Waals surface area contributed by atoms with Gasteiger partial charge in [-0.2, -0.15) is 0 Å². The average Bonchev–Trinajstić information content (AvgIpc) is 2.95. The quantitative estimate of drug-likeness (QED) is 0.849. The lowest BCUT2D eigenvalue weighted by Crippen LogP contribution is -2.55. The van der Waals surface area contributed by atoms with E-state index in [-0.39, 0.29) is 29.5 Å². The minimum Gasteiger partial charge on any atom is -0.369 e. The Balaban J connectivity index is 1.54. The third kappa shape index (κ3) is 4.20. The molecule has 0 aliphatic carbocycles. The molecule has 0 spiro atoms. The number of aryl methyl sites for hydroxylation is 1. The van der Waals surface area contributed by atoms with Crippen LogP contribution in [0, 0.1) is 13.8 Å². The van der Waals surface area contributed by atoms with E-state index in [1.54, 1.807) is 0 Å². The van der Waals surface area contributed by atoms with Gasteiger partial charge in [0.15, 0.2) is 9.84 Å². The number of benzene rings is 1. The lowest BCUT2D eigenvalue weighted by Gasteiger charge is -2.39. The van der Waals surface area contributed by atoms with Crippen molar-refractivity contribution in [3.05, 3.63) is 29.3 Å². The monoisotopic (exact) mass is 379 g/mol. The van der Waals surface area contributed by atoms with E-state index in [1.807, 2.05) is 6.92 Å². The Morgan fingerprint density at radius 1 is 1.19 bits per heavy atom. The number of rotatable bonds is 4. The van der Waals surface area contributed by atoms with Crippen LogP contribution >= 0.6 is 0 Å². The maximum Gasteiger partial charge on any atom is 0.237 e. The van der Waals surface area contributed by atoms with Crippen molar-refractivity contribution in [3.8, 4) is 0 Å². The van der Waals surface area contributed by atoms with E-state index in [1.165, 1.54) is 16.8 Å². The van der Waals surface area contributed by atoms with Gasteiger partial charge in [0.2, 0.25) is 5.91 Å². The number of hydrogen-bond donors (Lipinski definition) is 1. The highest BCUT2D eigenvalue weighted by Crippen LogP contribution is 2.24. The van der Waals surface area contributed by atoms with Crippen LogP contribution in [0.15, 0.2) is 18.2 Å². The fourth-order valence-corrected chi connectivity index (χ4v) is 5.50. The van der Waals surface area contributed by atoms with Crippen molar-refractivity contribution in [1.82, 2.24) is 10.2 Å². The van der Waals surface area contributed by atoms with Gasteiger partial charge in [0.25, 0.3) is 0 Å². The Bertz CT molecular complexity index is 770. The smallest absolute Gasteiger partial charge is 0.237 e. The normalized spacial score (nSPS) is 24.4. The van der Waals surface area contributed by atoms with E-state index >= 15 is 0 Å². The molecule has 26 heavy (non-hydrogen) atoms. The summed E-state index contributed by atoms with van der Waals surface area (Å²) in [5.74, 6) is 0.194. The molecule has 2 heterocycles. The lowest BCUT2D eigenvalue weighted by atomic mass is 10.1. The van der Waals surface area contributed by atoms with Gasteiger partial charge in [0, 0.05) is 37.9 Å². The highest BCUT2D eigenvalue weighted by atomic mass is 32.2. The fraction of sp³-hybridized carbons (Fsp3) is 0.632. The zero-order chi connectivity index (χ0) is 18.9. The third-order valence-electron chi connectivity index (χ3n) is 5.74. The predicted molar refractivity (Wildman–Crippen MR) is 104 cm³/mol. The van der Waals surface area contributed by atoms with Crippen LogP contribution in [0.5, 0.6) is 0 Å². The first-order chi connectivity index (χ1) is 12.3. The van der Waals surface area contributed by atoms with Crippen molar-refractivity contribution in [2.24, 2.45) is 0 Å². The van der Waals surface area contributed by atoms with E-state index in [2.05, 4.69) is 47.2 Å². The average molecular weight is 380 g/mol. The molecule has 144 valence electrons. The van der Waals surface area contributed by atoms with Crippen LogP contribution in [-0.2, 0) is 14.6 Å². The molecular weight excluding hydrogens is 350 g/mol. The molecule has 1 aromatic carbocycles. The molecule has 0 radical (unpaired) electrons. The number of nitrogens with one attached hydrogen (secondary N) is 1. The van der Waals surface area contributed by atoms with Gasteiger partial charge in [-0.1, -0.05) is 12.1 Å². The maximum absolute atomic E-state index is 12.5. The molecule has 7 heteroatoms. The summed E-state index contributed by atoms with van der Waals surface area (Å²) in [6.07, 6.45) is 0.529. The summed E-state index contributed by atoms with van der Waals surface area (Å²) in [5, 5.41) is 2.92. The van der Waals surface area contributed by atoms with Gasteiger partial charge in [-0.05, 0) is 44.4 Å². The Kier molecular flexibility index (Phi) is 5.58. The van der Waals surface area contributed by atoms with Crippen LogP contribution < -0.4 is 10.2 Å². The number of nitrogens with zero attached hydrogens (tertiary/aromatic N) is 2. The number of amides is 1. The van der Waals surface area contributed by atoms with Crippen LogP contribution in [0.4, 0.5) is 5.69 Å². The molecule has 1 amide bonds. The molecule has 2 fully saturated rings. The first-order valence-corrected chi connectivity index (χ1v) is 11.1. The number of carbonyl (C=O) groups excluding carboxylic acids is 1. The second-order valence-electron chi connectivity index (χ2n) is 7.53. The third-order valence-corrected chi connectivity index (χ3v) is 7.50. The molecule has 1 N–H and O–H groups in total. The van der Waals surface area contributed by atoms with E-state index in [0.717, 1.165) is 26.2 Å². The first-order valence-electron chi connectivity index (χ1n) is 9.33. The summed E-state index contributed by atoms with van der Waals surface area (Å²) in [4.78, 5) is 17.1. The van der Waals surface area contributed by atoms with Crippen LogP contribution in [0.1, 0.15) is 24.5 Å². The molecule has 0 aromatic heterocycles. The molecule has 3 rings (SSSR count). The highest BCUT2D eigenvalue weighted by molar-refractivity contribution is 7.91.